The summed E-state index contributed by atoms with van der Waals surface area (Å²) in [6.07, 6.45) is -0.691. The second-order valence-corrected chi connectivity index (χ2v) is 10.1. The molecule has 0 bridgehead atoms. The molecular formula is C22H34O7. The van der Waals surface area contributed by atoms with E-state index in [4.69, 9.17) is 14.2 Å². The predicted molar refractivity (Wildman–Crippen MR) is 103 cm³/mol. The Kier molecular flexibility index (Phi) is 4.76. The highest BCUT2D eigenvalue weighted by atomic mass is 16.6. The van der Waals surface area contributed by atoms with E-state index >= 15 is 0 Å². The summed E-state index contributed by atoms with van der Waals surface area (Å²) in [6, 6.07) is 0. The van der Waals surface area contributed by atoms with Gasteiger partial charge in [0.1, 0.15) is 6.10 Å². The van der Waals surface area contributed by atoms with Gasteiger partial charge in [0.25, 0.3) is 0 Å². The van der Waals surface area contributed by atoms with Gasteiger partial charge in [-0.3, -0.25) is 4.79 Å². The van der Waals surface area contributed by atoms with Crippen molar-refractivity contribution < 1.29 is 34.3 Å². The van der Waals surface area contributed by atoms with Gasteiger partial charge in [0, 0.05) is 36.2 Å². The third kappa shape index (κ3) is 2.45. The first kappa shape index (κ1) is 21.2. The van der Waals surface area contributed by atoms with Crippen molar-refractivity contribution >= 4 is 5.78 Å². The van der Waals surface area contributed by atoms with E-state index in [2.05, 4.69) is 0 Å². The van der Waals surface area contributed by atoms with Crippen LogP contribution in [-0.2, 0) is 19.0 Å². The highest BCUT2D eigenvalue weighted by molar-refractivity contribution is 5.99. The normalized spacial score (nSPS) is 56.9. The van der Waals surface area contributed by atoms with Crippen LogP contribution in [0, 0.1) is 34.5 Å². The van der Waals surface area contributed by atoms with Gasteiger partial charge < -0.3 is 29.5 Å². The van der Waals surface area contributed by atoms with Crippen LogP contribution in [0.3, 0.4) is 0 Å². The average molecular weight is 411 g/mol. The number of aliphatic hydroxyl groups excluding tert-OH is 2. The number of aliphatic hydroxyl groups is 3. The van der Waals surface area contributed by atoms with Crippen LogP contribution in [0.2, 0.25) is 0 Å². The number of carbonyl (C=O) groups excluding carboxylic acids is 1. The van der Waals surface area contributed by atoms with Gasteiger partial charge in [-0.1, -0.05) is 20.8 Å². The fourth-order valence-corrected chi connectivity index (χ4v) is 7.77. The van der Waals surface area contributed by atoms with Crippen molar-refractivity contribution in [3.8, 4) is 0 Å². The van der Waals surface area contributed by atoms with Crippen LogP contribution in [0.15, 0.2) is 11.8 Å². The van der Waals surface area contributed by atoms with Gasteiger partial charge in [-0.25, -0.2) is 0 Å². The van der Waals surface area contributed by atoms with E-state index in [-0.39, 0.29) is 30.1 Å². The summed E-state index contributed by atoms with van der Waals surface area (Å²) in [7, 11) is 2.96. The molecule has 11 atom stereocenters. The standard InChI is InChI=1S/C22H34O7/c1-10-7-12(27-5)18(25)20(2)11(10)8-14-21(3)13(9-15(23)29-14)22(4,26)19(28-6)16(24)17(20)21/h7,10-11,13-17,19,23-24,26H,8-9H2,1-6H3/t10-,11-,13-,14-,15+,16+,17-,19-,20+,21-,22+/m1/s1. The van der Waals surface area contributed by atoms with Crippen molar-refractivity contribution in [1.29, 1.82) is 0 Å². The Morgan fingerprint density at radius 1 is 1.17 bits per heavy atom. The maximum Gasteiger partial charge on any atom is 0.203 e. The van der Waals surface area contributed by atoms with E-state index in [1.54, 1.807) is 6.92 Å². The van der Waals surface area contributed by atoms with Crippen LogP contribution in [0.5, 0.6) is 0 Å². The minimum absolute atomic E-state index is 0.0361. The minimum Gasteiger partial charge on any atom is -0.493 e. The fraction of sp³-hybridized carbons (Fsp3) is 0.864. The first-order valence-corrected chi connectivity index (χ1v) is 10.5. The molecule has 7 nitrogen and oxygen atoms in total. The Hall–Kier alpha value is -0.990. The number of ether oxygens (including phenoxy) is 3. The Labute approximate surface area is 172 Å². The number of allylic oxidation sites excluding steroid dienone is 2. The number of methoxy groups -OCH3 is 2. The van der Waals surface area contributed by atoms with Crippen molar-refractivity contribution in [3.63, 3.8) is 0 Å². The Balaban J connectivity index is 1.95. The monoisotopic (exact) mass is 410 g/mol. The van der Waals surface area contributed by atoms with Crippen molar-refractivity contribution in [2.24, 2.45) is 34.5 Å². The molecule has 0 unspecified atom stereocenters. The first-order valence-electron chi connectivity index (χ1n) is 10.5. The number of hydrogen-bond donors (Lipinski definition) is 3. The number of fused-ring (bicyclic) bond motifs is 2. The van der Waals surface area contributed by atoms with Crippen LogP contribution in [0.1, 0.15) is 40.5 Å². The number of hydrogen-bond acceptors (Lipinski definition) is 7. The number of carbonyl (C=O) groups is 1. The third-order valence-electron chi connectivity index (χ3n) is 8.93. The maximum absolute atomic E-state index is 13.6. The lowest BCUT2D eigenvalue weighted by atomic mass is 9.37. The zero-order valence-corrected chi connectivity index (χ0v) is 18.1. The van der Waals surface area contributed by atoms with Crippen LogP contribution in [0.4, 0.5) is 0 Å². The molecule has 3 aliphatic carbocycles. The molecule has 0 amide bonds. The Morgan fingerprint density at radius 2 is 1.83 bits per heavy atom. The van der Waals surface area contributed by atoms with Crippen molar-refractivity contribution in [1.82, 2.24) is 0 Å². The topological polar surface area (TPSA) is 105 Å². The molecule has 0 aromatic heterocycles. The molecule has 29 heavy (non-hydrogen) atoms. The molecule has 4 rings (SSSR count). The fourth-order valence-electron chi connectivity index (χ4n) is 7.77. The molecule has 1 saturated heterocycles. The highest BCUT2D eigenvalue weighted by Crippen LogP contribution is 2.69. The van der Waals surface area contributed by atoms with Gasteiger partial charge in [-0.2, -0.15) is 0 Å². The second-order valence-electron chi connectivity index (χ2n) is 10.1. The summed E-state index contributed by atoms with van der Waals surface area (Å²) < 4.78 is 17.0. The molecule has 3 N–H and O–H groups in total. The van der Waals surface area contributed by atoms with Gasteiger partial charge in [0.05, 0.1) is 24.9 Å². The smallest absolute Gasteiger partial charge is 0.203 e. The van der Waals surface area contributed by atoms with Crippen LogP contribution in [0.25, 0.3) is 0 Å². The van der Waals surface area contributed by atoms with Gasteiger partial charge in [-0.15, -0.1) is 0 Å². The lowest BCUT2D eigenvalue weighted by molar-refractivity contribution is -0.354. The summed E-state index contributed by atoms with van der Waals surface area (Å²) >= 11 is 0. The molecule has 1 aliphatic heterocycles. The molecule has 0 radical (unpaired) electrons. The maximum atomic E-state index is 13.6. The minimum atomic E-state index is -1.38. The van der Waals surface area contributed by atoms with Crippen molar-refractivity contribution in [2.45, 2.75) is 70.7 Å². The summed E-state index contributed by atoms with van der Waals surface area (Å²) in [5.74, 6) is -0.764. The Morgan fingerprint density at radius 3 is 2.41 bits per heavy atom. The van der Waals surface area contributed by atoms with E-state index in [0.29, 0.717) is 12.2 Å². The molecule has 0 spiro atoms. The van der Waals surface area contributed by atoms with Crippen molar-refractivity contribution in [3.05, 3.63) is 11.8 Å². The predicted octanol–water partition coefficient (Wildman–Crippen LogP) is 1.25. The lowest BCUT2D eigenvalue weighted by Crippen LogP contribution is -2.78. The Bertz CT molecular complexity index is 733. The molecule has 3 fully saturated rings. The SMILES string of the molecule is COC1=C[C@@H](C)[C@H]2C[C@H]3O[C@H](O)C[C@H]4[C@](C)(O)[C@H](OC)[C@@H](O)[C@H]([C@@]2(C)C1=O)[C@@]34C. The molecule has 0 aromatic carbocycles. The number of rotatable bonds is 2. The lowest BCUT2D eigenvalue weighted by Gasteiger charge is -2.70. The van der Waals surface area contributed by atoms with E-state index < -0.39 is 46.8 Å². The quantitative estimate of drug-likeness (QED) is 0.629. The van der Waals surface area contributed by atoms with E-state index in [0.717, 1.165) is 0 Å². The third-order valence-corrected chi connectivity index (χ3v) is 8.93. The zero-order valence-electron chi connectivity index (χ0n) is 18.1. The number of Topliss-reactive ketones (excluding diaryl/α,β-unsaturated/α-hetero) is 1. The largest absolute Gasteiger partial charge is 0.493 e. The highest BCUT2D eigenvalue weighted by Gasteiger charge is 2.75. The van der Waals surface area contributed by atoms with Crippen LogP contribution >= 0.6 is 0 Å². The summed E-state index contributed by atoms with van der Waals surface area (Å²) in [5, 5.41) is 33.5. The number of ketones is 1. The van der Waals surface area contributed by atoms with E-state index in [1.165, 1.54) is 14.2 Å². The van der Waals surface area contributed by atoms with Gasteiger partial charge in [-0.05, 0) is 31.3 Å². The molecule has 1 heterocycles. The van der Waals surface area contributed by atoms with E-state index in [9.17, 15) is 20.1 Å². The van der Waals surface area contributed by atoms with Crippen LogP contribution < -0.4 is 0 Å². The second kappa shape index (κ2) is 6.50. The average Bonchev–Trinajstić information content (AvgIpc) is 2.63. The first-order chi connectivity index (χ1) is 13.4. The molecular weight excluding hydrogens is 376 g/mol. The summed E-state index contributed by atoms with van der Waals surface area (Å²) in [5.41, 5.74) is -3.00. The zero-order chi connectivity index (χ0) is 21.5. The molecule has 7 heteroatoms. The summed E-state index contributed by atoms with van der Waals surface area (Å²) in [4.78, 5) is 13.6. The van der Waals surface area contributed by atoms with Gasteiger partial charge in [0.2, 0.25) is 5.78 Å². The van der Waals surface area contributed by atoms with Gasteiger partial charge >= 0.3 is 0 Å². The van der Waals surface area contributed by atoms with Crippen LogP contribution in [-0.4, -0.2) is 65.5 Å². The van der Waals surface area contributed by atoms with Gasteiger partial charge in [0.15, 0.2) is 12.0 Å². The molecule has 4 aliphatic rings. The summed E-state index contributed by atoms with van der Waals surface area (Å²) in [6.45, 7) is 7.62. The molecule has 0 aromatic rings. The van der Waals surface area contributed by atoms with E-state index in [1.807, 2.05) is 26.8 Å². The molecule has 2 saturated carbocycles. The molecule has 164 valence electrons. The van der Waals surface area contributed by atoms with Crippen molar-refractivity contribution in [2.75, 3.05) is 14.2 Å².